The number of fused-ring (bicyclic) bond motifs is 1. The van der Waals surface area contributed by atoms with Gasteiger partial charge in [0.2, 0.25) is 5.95 Å². The largest absolute Gasteiger partial charge is 0.347 e. The Balaban J connectivity index is 1.46. The Kier molecular flexibility index (Phi) is 4.42. The van der Waals surface area contributed by atoms with Crippen molar-refractivity contribution in [3.63, 3.8) is 0 Å². The van der Waals surface area contributed by atoms with Crippen LogP contribution in [0.5, 0.6) is 0 Å². The van der Waals surface area contributed by atoms with Crippen molar-refractivity contribution in [1.29, 1.82) is 0 Å². The SMILES string of the molecule is Cc1c(C(=O)CN2CCN(c3ncccn3)CC2)c2ccccc2n1C. The molecule has 4 rings (SSSR count). The topological polar surface area (TPSA) is 54.3 Å². The van der Waals surface area contributed by atoms with Gasteiger partial charge in [-0.3, -0.25) is 9.69 Å². The lowest BCUT2D eigenvalue weighted by molar-refractivity contribution is 0.0927. The Morgan fingerprint density at radius 3 is 2.46 bits per heavy atom. The minimum Gasteiger partial charge on any atom is -0.347 e. The van der Waals surface area contributed by atoms with Gasteiger partial charge in [-0.15, -0.1) is 0 Å². The Hall–Kier alpha value is -2.73. The van der Waals surface area contributed by atoms with E-state index >= 15 is 0 Å². The van der Waals surface area contributed by atoms with Crippen LogP contribution in [0.3, 0.4) is 0 Å². The maximum absolute atomic E-state index is 13.0. The van der Waals surface area contributed by atoms with Gasteiger partial charge in [0.05, 0.1) is 6.54 Å². The van der Waals surface area contributed by atoms with E-state index < -0.39 is 0 Å². The molecule has 0 bridgehead atoms. The molecule has 6 nitrogen and oxygen atoms in total. The predicted octanol–water partition coefficient (Wildman–Crippen LogP) is 2.28. The highest BCUT2D eigenvalue weighted by molar-refractivity contribution is 6.10. The number of anilines is 1. The maximum Gasteiger partial charge on any atom is 0.225 e. The van der Waals surface area contributed by atoms with E-state index in [1.165, 1.54) is 0 Å². The number of Topliss-reactive ketones (excluding diaryl/α,β-unsaturated/α-hetero) is 1. The fourth-order valence-electron chi connectivity index (χ4n) is 3.72. The molecule has 0 unspecified atom stereocenters. The summed E-state index contributed by atoms with van der Waals surface area (Å²) in [5.74, 6) is 0.965. The van der Waals surface area contributed by atoms with Crippen LogP contribution in [0.1, 0.15) is 16.1 Å². The number of aromatic nitrogens is 3. The molecule has 3 aromatic rings. The standard InChI is InChI=1S/C20H23N5O/c1-15-19(16-6-3-4-7-17(16)23(15)2)18(26)14-24-10-12-25(13-11-24)20-21-8-5-9-22-20/h3-9H,10-14H2,1-2H3. The highest BCUT2D eigenvalue weighted by Gasteiger charge is 2.24. The highest BCUT2D eigenvalue weighted by Crippen LogP contribution is 2.25. The minimum absolute atomic E-state index is 0.198. The summed E-state index contributed by atoms with van der Waals surface area (Å²) in [5, 5.41) is 1.05. The summed E-state index contributed by atoms with van der Waals surface area (Å²) in [6.07, 6.45) is 3.53. The molecule has 0 N–H and O–H groups in total. The van der Waals surface area contributed by atoms with Crippen LogP contribution >= 0.6 is 0 Å². The van der Waals surface area contributed by atoms with Crippen LogP contribution < -0.4 is 4.90 Å². The molecular weight excluding hydrogens is 326 g/mol. The van der Waals surface area contributed by atoms with Gasteiger partial charge in [0, 0.05) is 67.8 Å². The molecule has 1 aliphatic heterocycles. The monoisotopic (exact) mass is 349 g/mol. The molecule has 3 heterocycles. The van der Waals surface area contributed by atoms with Gasteiger partial charge in [0.15, 0.2) is 5.78 Å². The number of aryl methyl sites for hydroxylation is 1. The molecule has 134 valence electrons. The lowest BCUT2D eigenvalue weighted by Gasteiger charge is -2.34. The number of piperazine rings is 1. The second kappa shape index (κ2) is 6.88. The second-order valence-corrected chi connectivity index (χ2v) is 6.77. The second-order valence-electron chi connectivity index (χ2n) is 6.77. The summed E-state index contributed by atoms with van der Waals surface area (Å²) < 4.78 is 2.10. The van der Waals surface area contributed by atoms with Crippen LogP contribution in [-0.4, -0.2) is 57.9 Å². The molecule has 0 saturated carbocycles. The average Bonchev–Trinajstić information content (AvgIpc) is 2.94. The van der Waals surface area contributed by atoms with E-state index in [-0.39, 0.29) is 5.78 Å². The molecule has 1 fully saturated rings. The number of hydrogen-bond acceptors (Lipinski definition) is 5. The first-order valence-corrected chi connectivity index (χ1v) is 8.96. The smallest absolute Gasteiger partial charge is 0.225 e. The van der Waals surface area contributed by atoms with E-state index in [0.717, 1.165) is 54.3 Å². The molecule has 2 aromatic heterocycles. The zero-order valence-corrected chi connectivity index (χ0v) is 15.2. The van der Waals surface area contributed by atoms with Crippen molar-refractivity contribution < 1.29 is 4.79 Å². The Bertz CT molecular complexity index is 926. The zero-order chi connectivity index (χ0) is 18.1. The van der Waals surface area contributed by atoms with Crippen LogP contribution in [0.25, 0.3) is 10.9 Å². The normalized spacial score (nSPS) is 15.5. The van der Waals surface area contributed by atoms with Crippen LogP contribution in [-0.2, 0) is 7.05 Å². The molecule has 1 aromatic carbocycles. The van der Waals surface area contributed by atoms with Gasteiger partial charge in [0.25, 0.3) is 0 Å². The summed E-state index contributed by atoms with van der Waals surface area (Å²) in [7, 11) is 2.02. The molecule has 0 spiro atoms. The first-order chi connectivity index (χ1) is 12.6. The quantitative estimate of drug-likeness (QED) is 0.677. The third kappa shape index (κ3) is 2.97. The average molecular weight is 349 g/mol. The van der Waals surface area contributed by atoms with Crippen LogP contribution in [0, 0.1) is 6.92 Å². The number of rotatable bonds is 4. The lowest BCUT2D eigenvalue weighted by atomic mass is 10.1. The summed E-state index contributed by atoms with van der Waals surface area (Å²) >= 11 is 0. The van der Waals surface area contributed by atoms with E-state index in [2.05, 4.69) is 30.4 Å². The highest BCUT2D eigenvalue weighted by atomic mass is 16.1. The van der Waals surface area contributed by atoms with Crippen molar-refractivity contribution in [2.45, 2.75) is 6.92 Å². The summed E-state index contributed by atoms with van der Waals surface area (Å²) in [5.41, 5.74) is 3.00. The van der Waals surface area contributed by atoms with E-state index in [1.807, 2.05) is 38.2 Å². The van der Waals surface area contributed by atoms with Gasteiger partial charge in [0.1, 0.15) is 0 Å². The molecule has 1 aliphatic rings. The molecule has 6 heteroatoms. The number of carbonyl (C=O) groups excluding carboxylic acids is 1. The first-order valence-electron chi connectivity index (χ1n) is 8.96. The number of carbonyl (C=O) groups is 1. The third-order valence-corrected chi connectivity index (χ3v) is 5.25. The van der Waals surface area contributed by atoms with Crippen LogP contribution in [0.2, 0.25) is 0 Å². The Morgan fingerprint density at radius 1 is 1.04 bits per heavy atom. The van der Waals surface area contributed by atoms with E-state index in [9.17, 15) is 4.79 Å². The molecule has 0 radical (unpaired) electrons. The third-order valence-electron chi connectivity index (χ3n) is 5.25. The maximum atomic E-state index is 13.0. The van der Waals surface area contributed by atoms with Crippen molar-refractivity contribution in [3.05, 3.63) is 54.0 Å². The Morgan fingerprint density at radius 2 is 1.73 bits per heavy atom. The molecule has 0 aliphatic carbocycles. The van der Waals surface area contributed by atoms with Crippen molar-refractivity contribution in [3.8, 4) is 0 Å². The molecule has 26 heavy (non-hydrogen) atoms. The number of nitrogens with zero attached hydrogens (tertiary/aromatic N) is 5. The fourth-order valence-corrected chi connectivity index (χ4v) is 3.72. The summed E-state index contributed by atoms with van der Waals surface area (Å²) in [4.78, 5) is 26.0. The Labute approximate surface area is 153 Å². The number of hydrogen-bond donors (Lipinski definition) is 0. The van der Waals surface area contributed by atoms with Gasteiger partial charge >= 0.3 is 0 Å². The van der Waals surface area contributed by atoms with Gasteiger partial charge in [-0.05, 0) is 19.1 Å². The van der Waals surface area contributed by atoms with Gasteiger partial charge in [-0.1, -0.05) is 18.2 Å². The van der Waals surface area contributed by atoms with Gasteiger partial charge in [-0.25, -0.2) is 9.97 Å². The van der Waals surface area contributed by atoms with Gasteiger partial charge < -0.3 is 9.47 Å². The van der Waals surface area contributed by atoms with Crippen LogP contribution in [0.15, 0.2) is 42.7 Å². The van der Waals surface area contributed by atoms with Gasteiger partial charge in [-0.2, -0.15) is 0 Å². The van der Waals surface area contributed by atoms with E-state index in [1.54, 1.807) is 12.4 Å². The lowest BCUT2D eigenvalue weighted by Crippen LogP contribution is -2.48. The molecule has 0 amide bonds. The van der Waals surface area contributed by atoms with E-state index in [4.69, 9.17) is 0 Å². The van der Waals surface area contributed by atoms with Crippen molar-refractivity contribution in [1.82, 2.24) is 19.4 Å². The van der Waals surface area contributed by atoms with Crippen molar-refractivity contribution in [2.24, 2.45) is 7.05 Å². The summed E-state index contributed by atoms with van der Waals surface area (Å²) in [6.45, 7) is 5.84. The minimum atomic E-state index is 0.198. The van der Waals surface area contributed by atoms with Crippen molar-refractivity contribution in [2.75, 3.05) is 37.6 Å². The fraction of sp³-hybridized carbons (Fsp3) is 0.350. The number of ketones is 1. The summed E-state index contributed by atoms with van der Waals surface area (Å²) in [6, 6.07) is 9.95. The first kappa shape index (κ1) is 16.7. The van der Waals surface area contributed by atoms with Crippen molar-refractivity contribution >= 4 is 22.6 Å². The van der Waals surface area contributed by atoms with E-state index in [0.29, 0.717) is 6.54 Å². The predicted molar refractivity (Wildman–Crippen MR) is 103 cm³/mol. The van der Waals surface area contributed by atoms with Crippen LogP contribution in [0.4, 0.5) is 5.95 Å². The molecular formula is C20H23N5O. The number of para-hydroxylation sites is 1. The number of benzene rings is 1. The molecule has 0 atom stereocenters. The molecule has 1 saturated heterocycles. The zero-order valence-electron chi connectivity index (χ0n) is 15.2.